The first kappa shape index (κ1) is 12.4. The molecule has 1 unspecified atom stereocenters. The number of guanidine groups is 1. The fourth-order valence-electron chi connectivity index (χ4n) is 2.15. The van der Waals surface area contributed by atoms with E-state index in [0.717, 1.165) is 4.47 Å². The molecule has 0 saturated carbocycles. The van der Waals surface area contributed by atoms with Crippen LogP contribution in [0.2, 0.25) is 0 Å². The Hall–Kier alpha value is -1.10. The lowest BCUT2D eigenvalue weighted by Gasteiger charge is -2.30. The highest BCUT2D eigenvalue weighted by Crippen LogP contribution is 2.30. The summed E-state index contributed by atoms with van der Waals surface area (Å²) in [7, 11) is 0. The van der Waals surface area contributed by atoms with Gasteiger partial charge in [-0.3, -0.25) is 4.99 Å². The van der Waals surface area contributed by atoms with Crippen LogP contribution in [0.15, 0.2) is 27.7 Å². The van der Waals surface area contributed by atoms with Crippen LogP contribution in [0.4, 0.5) is 4.39 Å². The van der Waals surface area contributed by atoms with Gasteiger partial charge in [-0.15, -0.1) is 0 Å². The second-order valence-electron chi connectivity index (χ2n) is 4.38. The summed E-state index contributed by atoms with van der Waals surface area (Å²) in [6, 6.07) is 5.05. The van der Waals surface area contributed by atoms with Crippen molar-refractivity contribution in [1.82, 2.24) is 4.90 Å². The Morgan fingerprint density at radius 3 is 2.88 bits per heavy atom. The monoisotopic (exact) mass is 299 g/mol. The molecule has 1 aromatic carbocycles. The molecule has 0 spiro atoms. The van der Waals surface area contributed by atoms with Crippen molar-refractivity contribution < 1.29 is 4.39 Å². The highest BCUT2D eigenvalue weighted by molar-refractivity contribution is 9.10. The van der Waals surface area contributed by atoms with Gasteiger partial charge >= 0.3 is 0 Å². The molecular weight excluding hydrogens is 285 g/mol. The minimum Gasteiger partial charge on any atom is -0.370 e. The number of rotatable bonds is 2. The topological polar surface area (TPSA) is 41.6 Å². The van der Waals surface area contributed by atoms with Crippen molar-refractivity contribution in [1.29, 1.82) is 0 Å². The van der Waals surface area contributed by atoms with Crippen molar-refractivity contribution in [3.05, 3.63) is 34.1 Å². The van der Waals surface area contributed by atoms with E-state index in [1.165, 1.54) is 6.07 Å². The fraction of sp³-hybridized carbons (Fsp3) is 0.417. The molecular formula is C12H15BrFN3. The minimum atomic E-state index is -0.214. The maximum Gasteiger partial charge on any atom is 0.192 e. The number of nitrogens with two attached hydrogens (primary N) is 1. The van der Waals surface area contributed by atoms with Crippen LogP contribution in [-0.2, 0) is 0 Å². The van der Waals surface area contributed by atoms with E-state index in [4.69, 9.17) is 5.73 Å². The van der Waals surface area contributed by atoms with Crippen molar-refractivity contribution in [2.45, 2.75) is 25.9 Å². The van der Waals surface area contributed by atoms with Gasteiger partial charge in [0.05, 0.1) is 12.6 Å². The minimum absolute atomic E-state index is 0.104. The molecule has 0 aliphatic carbocycles. The summed E-state index contributed by atoms with van der Waals surface area (Å²) < 4.78 is 14.7. The number of hydrogen-bond acceptors (Lipinski definition) is 3. The van der Waals surface area contributed by atoms with E-state index in [9.17, 15) is 4.39 Å². The van der Waals surface area contributed by atoms with E-state index >= 15 is 0 Å². The summed E-state index contributed by atoms with van der Waals surface area (Å²) in [6.45, 7) is 4.56. The highest BCUT2D eigenvalue weighted by atomic mass is 79.9. The van der Waals surface area contributed by atoms with Gasteiger partial charge in [-0.1, -0.05) is 15.9 Å². The van der Waals surface area contributed by atoms with Crippen LogP contribution in [-0.4, -0.2) is 23.4 Å². The van der Waals surface area contributed by atoms with Crippen LogP contribution in [0.5, 0.6) is 0 Å². The average Bonchev–Trinajstić information content (AvgIpc) is 2.64. The third-order valence-corrected chi connectivity index (χ3v) is 3.39. The molecule has 0 bridgehead atoms. The van der Waals surface area contributed by atoms with E-state index in [1.54, 1.807) is 12.1 Å². The largest absolute Gasteiger partial charge is 0.370 e. The van der Waals surface area contributed by atoms with Gasteiger partial charge in [-0.25, -0.2) is 4.39 Å². The average molecular weight is 300 g/mol. The quantitative estimate of drug-likeness (QED) is 0.912. The molecule has 1 heterocycles. The molecule has 0 aromatic heterocycles. The Labute approximate surface area is 109 Å². The molecule has 2 N–H and O–H groups in total. The normalized spacial score (nSPS) is 19.9. The molecule has 1 aromatic rings. The first-order valence-electron chi connectivity index (χ1n) is 5.54. The summed E-state index contributed by atoms with van der Waals surface area (Å²) >= 11 is 3.36. The first-order valence-corrected chi connectivity index (χ1v) is 6.33. The lowest BCUT2D eigenvalue weighted by molar-refractivity contribution is 0.284. The zero-order chi connectivity index (χ0) is 12.6. The molecule has 92 valence electrons. The lowest BCUT2D eigenvalue weighted by atomic mass is 10.0. The molecule has 0 saturated heterocycles. The smallest absolute Gasteiger partial charge is 0.192 e. The Morgan fingerprint density at radius 1 is 1.53 bits per heavy atom. The van der Waals surface area contributed by atoms with Gasteiger partial charge in [-0.2, -0.15) is 0 Å². The number of benzene rings is 1. The van der Waals surface area contributed by atoms with Crippen LogP contribution < -0.4 is 5.73 Å². The van der Waals surface area contributed by atoms with E-state index < -0.39 is 0 Å². The van der Waals surface area contributed by atoms with E-state index in [1.807, 2.05) is 18.7 Å². The fourth-order valence-corrected chi connectivity index (χ4v) is 2.53. The molecule has 0 radical (unpaired) electrons. The van der Waals surface area contributed by atoms with Gasteiger partial charge in [0.2, 0.25) is 0 Å². The predicted octanol–water partition coefficient (Wildman–Crippen LogP) is 2.67. The van der Waals surface area contributed by atoms with Gasteiger partial charge in [0.1, 0.15) is 5.82 Å². The zero-order valence-corrected chi connectivity index (χ0v) is 11.4. The van der Waals surface area contributed by atoms with Crippen molar-refractivity contribution in [3.63, 3.8) is 0 Å². The summed E-state index contributed by atoms with van der Waals surface area (Å²) in [5, 5.41) is 0. The van der Waals surface area contributed by atoms with Gasteiger partial charge in [-0.05, 0) is 32.0 Å². The Kier molecular flexibility index (Phi) is 3.38. The van der Waals surface area contributed by atoms with Crippen molar-refractivity contribution in [2.75, 3.05) is 6.54 Å². The maximum atomic E-state index is 13.8. The Balaban J connectivity index is 2.37. The van der Waals surface area contributed by atoms with E-state index in [-0.39, 0.29) is 17.9 Å². The third kappa shape index (κ3) is 2.29. The lowest BCUT2D eigenvalue weighted by Crippen LogP contribution is -2.41. The maximum absolute atomic E-state index is 13.8. The molecule has 1 aliphatic rings. The van der Waals surface area contributed by atoms with Crippen LogP contribution >= 0.6 is 15.9 Å². The Bertz CT molecular complexity index is 459. The highest BCUT2D eigenvalue weighted by Gasteiger charge is 2.31. The second kappa shape index (κ2) is 4.64. The van der Waals surface area contributed by atoms with Crippen LogP contribution in [0.1, 0.15) is 25.5 Å². The summed E-state index contributed by atoms with van der Waals surface area (Å²) in [6.07, 6.45) is 0. The Morgan fingerprint density at radius 2 is 2.24 bits per heavy atom. The van der Waals surface area contributed by atoms with Gasteiger partial charge in [0, 0.05) is 16.1 Å². The van der Waals surface area contributed by atoms with Crippen LogP contribution in [0, 0.1) is 5.82 Å². The number of aliphatic imine (C=N–C) groups is 1. The first-order chi connectivity index (χ1) is 8.00. The molecule has 0 amide bonds. The van der Waals surface area contributed by atoms with Crippen LogP contribution in [0.3, 0.4) is 0 Å². The predicted molar refractivity (Wildman–Crippen MR) is 70.3 cm³/mol. The van der Waals surface area contributed by atoms with E-state index in [0.29, 0.717) is 18.1 Å². The molecule has 2 rings (SSSR count). The van der Waals surface area contributed by atoms with E-state index in [2.05, 4.69) is 20.9 Å². The van der Waals surface area contributed by atoms with Gasteiger partial charge in [0.25, 0.3) is 0 Å². The zero-order valence-electron chi connectivity index (χ0n) is 9.82. The van der Waals surface area contributed by atoms with Crippen molar-refractivity contribution in [3.8, 4) is 0 Å². The summed E-state index contributed by atoms with van der Waals surface area (Å²) in [5.41, 5.74) is 6.47. The molecule has 3 nitrogen and oxygen atoms in total. The number of nitrogens with zero attached hydrogens (tertiary/aromatic N) is 2. The number of hydrogen-bond donors (Lipinski definition) is 1. The number of halogens is 2. The van der Waals surface area contributed by atoms with Gasteiger partial charge < -0.3 is 10.6 Å². The molecule has 0 fully saturated rings. The molecule has 1 atom stereocenters. The molecule has 17 heavy (non-hydrogen) atoms. The molecule has 5 heteroatoms. The van der Waals surface area contributed by atoms with Crippen molar-refractivity contribution >= 4 is 21.9 Å². The van der Waals surface area contributed by atoms with Gasteiger partial charge in [0.15, 0.2) is 5.96 Å². The SMILES string of the molecule is CC(C)N1C(N)=NCC1c1cc(Br)ccc1F. The molecule has 1 aliphatic heterocycles. The second-order valence-corrected chi connectivity index (χ2v) is 5.30. The van der Waals surface area contributed by atoms with Crippen LogP contribution in [0.25, 0.3) is 0 Å². The van der Waals surface area contributed by atoms with Crippen molar-refractivity contribution in [2.24, 2.45) is 10.7 Å². The third-order valence-electron chi connectivity index (χ3n) is 2.90. The summed E-state index contributed by atoms with van der Waals surface area (Å²) in [5.74, 6) is 0.276. The standard InChI is InChI=1S/C12H15BrFN3/c1-7(2)17-11(6-16-12(17)15)9-5-8(13)3-4-10(9)14/h3-5,7,11H,6H2,1-2H3,(H2,15,16). The summed E-state index contributed by atoms with van der Waals surface area (Å²) in [4.78, 5) is 6.16.